The fourth-order valence-electron chi connectivity index (χ4n) is 3.04. The third-order valence-electron chi connectivity index (χ3n) is 4.41. The van der Waals surface area contributed by atoms with Crippen molar-refractivity contribution in [3.63, 3.8) is 0 Å². The van der Waals surface area contributed by atoms with Crippen molar-refractivity contribution in [2.75, 3.05) is 19.5 Å². The summed E-state index contributed by atoms with van der Waals surface area (Å²) in [5.74, 6) is 1.46. The monoisotopic (exact) mass is 379 g/mol. The van der Waals surface area contributed by atoms with Gasteiger partial charge in [-0.2, -0.15) is 5.10 Å². The van der Waals surface area contributed by atoms with E-state index in [9.17, 15) is 4.79 Å². The summed E-state index contributed by atoms with van der Waals surface area (Å²) in [5, 5.41) is 10.6. The van der Waals surface area contributed by atoms with E-state index >= 15 is 0 Å². The highest BCUT2D eigenvalue weighted by molar-refractivity contribution is 6.08. The number of hydrogen-bond acceptors (Lipinski definition) is 4. The number of carbonyl (C=O) groups excluding carboxylic acids is 1. The Balaban J connectivity index is 1.99. The molecule has 0 spiro atoms. The number of ether oxygens (including phenoxy) is 2. The largest absolute Gasteiger partial charge is 0.497 e. The van der Waals surface area contributed by atoms with Crippen molar-refractivity contribution >= 4 is 11.6 Å². The van der Waals surface area contributed by atoms with Gasteiger partial charge in [0.25, 0.3) is 5.91 Å². The first-order valence-corrected chi connectivity index (χ1v) is 9.19. The lowest BCUT2D eigenvalue weighted by Gasteiger charge is -2.12. The first kappa shape index (κ1) is 19.5. The summed E-state index contributed by atoms with van der Waals surface area (Å²) in [5.41, 5.74) is 3.64. The van der Waals surface area contributed by atoms with Crippen LogP contribution in [0.4, 0.5) is 5.69 Å². The van der Waals surface area contributed by atoms with Gasteiger partial charge < -0.3 is 14.8 Å². The average molecular weight is 379 g/mol. The van der Waals surface area contributed by atoms with Gasteiger partial charge in [-0.25, -0.2) is 0 Å². The highest BCUT2D eigenvalue weighted by atomic mass is 16.5. The minimum atomic E-state index is -0.237. The second-order valence-electron chi connectivity index (χ2n) is 6.91. The number of rotatable bonds is 7. The second kappa shape index (κ2) is 8.61. The predicted molar refractivity (Wildman–Crippen MR) is 110 cm³/mol. The van der Waals surface area contributed by atoms with E-state index in [0.717, 1.165) is 23.4 Å². The van der Waals surface area contributed by atoms with Crippen molar-refractivity contribution in [3.8, 4) is 22.8 Å². The van der Waals surface area contributed by atoms with Crippen molar-refractivity contribution in [3.05, 3.63) is 59.8 Å². The van der Waals surface area contributed by atoms with Gasteiger partial charge in [-0.1, -0.05) is 26.0 Å². The number of amides is 1. The Morgan fingerprint density at radius 1 is 1.07 bits per heavy atom. The van der Waals surface area contributed by atoms with Gasteiger partial charge >= 0.3 is 0 Å². The van der Waals surface area contributed by atoms with Crippen LogP contribution in [0.2, 0.25) is 0 Å². The van der Waals surface area contributed by atoms with E-state index in [1.165, 1.54) is 0 Å². The average Bonchev–Trinajstić information content (AvgIpc) is 3.09. The maximum Gasteiger partial charge on any atom is 0.259 e. The zero-order valence-corrected chi connectivity index (χ0v) is 16.6. The molecule has 0 aliphatic heterocycles. The molecule has 1 heterocycles. The minimum absolute atomic E-state index is 0.237. The Morgan fingerprint density at radius 3 is 2.43 bits per heavy atom. The molecule has 6 nitrogen and oxygen atoms in total. The molecule has 0 bridgehead atoms. The van der Waals surface area contributed by atoms with E-state index in [4.69, 9.17) is 9.47 Å². The van der Waals surface area contributed by atoms with Gasteiger partial charge in [-0.3, -0.25) is 9.89 Å². The zero-order valence-electron chi connectivity index (χ0n) is 16.6. The highest BCUT2D eigenvalue weighted by Gasteiger charge is 2.20. The van der Waals surface area contributed by atoms with Crippen LogP contribution in [0, 0.1) is 5.92 Å². The molecule has 0 saturated heterocycles. The first-order valence-electron chi connectivity index (χ1n) is 9.19. The maximum absolute atomic E-state index is 13.0. The molecule has 146 valence electrons. The summed E-state index contributed by atoms with van der Waals surface area (Å²) in [6.07, 6.45) is 0.769. The zero-order chi connectivity index (χ0) is 20.1. The summed E-state index contributed by atoms with van der Waals surface area (Å²) in [6.45, 7) is 4.25. The molecule has 0 saturated carbocycles. The van der Waals surface area contributed by atoms with Gasteiger partial charge in [0.2, 0.25) is 0 Å². The van der Waals surface area contributed by atoms with Crippen molar-refractivity contribution in [2.24, 2.45) is 5.92 Å². The number of nitrogens with zero attached hydrogens (tertiary/aromatic N) is 1. The molecule has 6 heteroatoms. The van der Waals surface area contributed by atoms with Crippen LogP contribution in [0.5, 0.6) is 11.5 Å². The van der Waals surface area contributed by atoms with E-state index in [1.807, 2.05) is 36.4 Å². The highest BCUT2D eigenvalue weighted by Crippen LogP contribution is 2.32. The molecule has 2 N–H and O–H groups in total. The molecule has 0 fully saturated rings. The molecule has 0 unspecified atom stereocenters. The third kappa shape index (κ3) is 4.17. The Morgan fingerprint density at radius 2 is 1.79 bits per heavy atom. The number of aromatic amines is 1. The smallest absolute Gasteiger partial charge is 0.259 e. The molecule has 2 aromatic carbocycles. The van der Waals surface area contributed by atoms with Crippen LogP contribution in [-0.4, -0.2) is 30.3 Å². The van der Waals surface area contributed by atoms with Crippen molar-refractivity contribution in [1.82, 2.24) is 10.2 Å². The number of anilines is 1. The number of para-hydroxylation sites is 1. The predicted octanol–water partition coefficient (Wildman–Crippen LogP) is 4.54. The fourth-order valence-corrected chi connectivity index (χ4v) is 3.04. The van der Waals surface area contributed by atoms with Crippen LogP contribution in [-0.2, 0) is 6.42 Å². The Kier molecular flexibility index (Phi) is 5.99. The van der Waals surface area contributed by atoms with Gasteiger partial charge in [-0.05, 0) is 48.7 Å². The number of nitrogens with one attached hydrogen (secondary N) is 2. The molecule has 1 amide bonds. The Hall–Kier alpha value is -3.28. The quantitative estimate of drug-likeness (QED) is 0.632. The number of aromatic nitrogens is 2. The van der Waals surface area contributed by atoms with Gasteiger partial charge in [0.15, 0.2) is 0 Å². The van der Waals surface area contributed by atoms with Crippen LogP contribution >= 0.6 is 0 Å². The van der Waals surface area contributed by atoms with Crippen molar-refractivity contribution in [1.29, 1.82) is 0 Å². The van der Waals surface area contributed by atoms with Crippen LogP contribution in [0.1, 0.15) is 29.9 Å². The molecular formula is C22H25N3O3. The van der Waals surface area contributed by atoms with Crippen LogP contribution < -0.4 is 14.8 Å². The summed E-state index contributed by atoms with van der Waals surface area (Å²) in [7, 11) is 3.18. The Labute approximate surface area is 164 Å². The van der Waals surface area contributed by atoms with E-state index in [1.54, 1.807) is 26.4 Å². The molecule has 1 aromatic heterocycles. The van der Waals surface area contributed by atoms with E-state index < -0.39 is 0 Å². The molecule has 0 aliphatic carbocycles. The standard InChI is InChI=1S/C22H25N3O3/c1-14(2)13-18-21(23-22(26)17-7-5-6-8-19(17)28-4)20(25-24-18)15-9-11-16(27-3)12-10-15/h5-12,14H,13H2,1-4H3,(H,23,26)(H,24,25). The summed E-state index contributed by atoms with van der Waals surface area (Å²) >= 11 is 0. The lowest BCUT2D eigenvalue weighted by atomic mass is 10.0. The third-order valence-corrected chi connectivity index (χ3v) is 4.41. The van der Waals surface area contributed by atoms with Crippen molar-refractivity contribution < 1.29 is 14.3 Å². The van der Waals surface area contributed by atoms with Gasteiger partial charge in [0, 0.05) is 5.56 Å². The lowest BCUT2D eigenvalue weighted by molar-refractivity contribution is 0.102. The van der Waals surface area contributed by atoms with Crippen molar-refractivity contribution in [2.45, 2.75) is 20.3 Å². The molecule has 0 aliphatic rings. The first-order chi connectivity index (χ1) is 13.5. The fraction of sp³-hybridized carbons (Fsp3) is 0.273. The van der Waals surface area contributed by atoms with Gasteiger partial charge in [-0.15, -0.1) is 0 Å². The van der Waals surface area contributed by atoms with Crippen LogP contribution in [0.15, 0.2) is 48.5 Å². The number of hydrogen-bond donors (Lipinski definition) is 2. The van der Waals surface area contributed by atoms with E-state index in [2.05, 4.69) is 29.4 Å². The number of methoxy groups -OCH3 is 2. The van der Waals surface area contributed by atoms with Gasteiger partial charge in [0.1, 0.15) is 17.2 Å². The number of H-pyrrole nitrogens is 1. The SMILES string of the molecule is COc1ccc(-c2n[nH]c(CC(C)C)c2NC(=O)c2ccccc2OC)cc1. The normalized spacial score (nSPS) is 10.8. The summed E-state index contributed by atoms with van der Waals surface area (Å²) in [4.78, 5) is 13.0. The molecule has 0 radical (unpaired) electrons. The number of benzene rings is 2. The molecule has 28 heavy (non-hydrogen) atoms. The van der Waals surface area contributed by atoms with Gasteiger partial charge in [0.05, 0.1) is 31.2 Å². The number of carbonyl (C=O) groups is 1. The lowest BCUT2D eigenvalue weighted by Crippen LogP contribution is -2.15. The summed E-state index contributed by atoms with van der Waals surface area (Å²) in [6, 6.07) is 14.7. The second-order valence-corrected chi connectivity index (χ2v) is 6.91. The summed E-state index contributed by atoms with van der Waals surface area (Å²) < 4.78 is 10.6. The molecule has 3 aromatic rings. The minimum Gasteiger partial charge on any atom is -0.497 e. The molecule has 0 atom stereocenters. The van der Waals surface area contributed by atoms with Crippen LogP contribution in [0.25, 0.3) is 11.3 Å². The van der Waals surface area contributed by atoms with E-state index in [0.29, 0.717) is 28.6 Å². The Bertz CT molecular complexity index is 946. The molecule has 3 rings (SSSR count). The van der Waals surface area contributed by atoms with Crippen LogP contribution in [0.3, 0.4) is 0 Å². The molecular weight excluding hydrogens is 354 g/mol. The van der Waals surface area contributed by atoms with E-state index in [-0.39, 0.29) is 5.91 Å². The topological polar surface area (TPSA) is 76.2 Å². The maximum atomic E-state index is 13.0.